The summed E-state index contributed by atoms with van der Waals surface area (Å²) in [7, 11) is 0. The molecule has 0 fully saturated rings. The third-order valence-electron chi connectivity index (χ3n) is 12.5. The maximum Gasteiger partial charge on any atom is 0.0465 e. The second-order valence-electron chi connectivity index (χ2n) is 16.1. The van der Waals surface area contributed by atoms with E-state index in [1.165, 1.54) is 95.6 Å². The van der Waals surface area contributed by atoms with Crippen LogP contribution in [0.4, 0.5) is 17.1 Å². The Hall–Kier alpha value is -6.52. The van der Waals surface area contributed by atoms with Crippen LogP contribution in [0.3, 0.4) is 0 Å². The van der Waals surface area contributed by atoms with Crippen LogP contribution in [0, 0.1) is 0 Å². The van der Waals surface area contributed by atoms with Crippen molar-refractivity contribution in [3.8, 4) is 33.4 Å². The molecule has 0 N–H and O–H groups in total. The van der Waals surface area contributed by atoms with Crippen molar-refractivity contribution in [2.45, 2.75) is 19.3 Å². The van der Waals surface area contributed by atoms with Gasteiger partial charge in [-0.15, -0.1) is 22.7 Å². The van der Waals surface area contributed by atoms with Crippen LogP contribution in [-0.2, 0) is 5.41 Å². The quantitative estimate of drug-likeness (QED) is 0.168. The summed E-state index contributed by atoms with van der Waals surface area (Å²) in [5, 5.41) is 8.15. The lowest BCUT2D eigenvalue weighted by molar-refractivity contribution is 0.660. The molecular formula is C55H37NS2. The van der Waals surface area contributed by atoms with Crippen molar-refractivity contribution in [3.05, 3.63) is 199 Å². The minimum atomic E-state index is -0.0905. The fourth-order valence-corrected chi connectivity index (χ4v) is 12.2. The van der Waals surface area contributed by atoms with Crippen LogP contribution in [0.5, 0.6) is 0 Å². The molecular weight excluding hydrogens is 739 g/mol. The third-order valence-corrected chi connectivity index (χ3v) is 14.9. The van der Waals surface area contributed by atoms with Gasteiger partial charge in [-0.05, 0) is 104 Å². The molecule has 0 saturated carbocycles. The lowest BCUT2D eigenvalue weighted by Gasteiger charge is -2.28. The van der Waals surface area contributed by atoms with Crippen LogP contribution in [-0.4, -0.2) is 0 Å². The van der Waals surface area contributed by atoms with E-state index in [9.17, 15) is 0 Å². The van der Waals surface area contributed by atoms with Crippen LogP contribution < -0.4 is 4.90 Å². The predicted molar refractivity (Wildman–Crippen MR) is 253 cm³/mol. The molecule has 0 saturated heterocycles. The Morgan fingerprint density at radius 3 is 1.69 bits per heavy atom. The first kappa shape index (κ1) is 33.6. The van der Waals surface area contributed by atoms with Crippen molar-refractivity contribution >= 4 is 90.9 Å². The van der Waals surface area contributed by atoms with Gasteiger partial charge in [0, 0.05) is 68.2 Å². The molecule has 11 aromatic rings. The largest absolute Gasteiger partial charge is 0.310 e. The van der Waals surface area contributed by atoms with Gasteiger partial charge in [-0.25, -0.2) is 0 Å². The molecule has 2 heterocycles. The van der Waals surface area contributed by atoms with Crippen LogP contribution >= 0.6 is 22.7 Å². The minimum Gasteiger partial charge on any atom is -0.310 e. The first-order valence-electron chi connectivity index (χ1n) is 20.0. The molecule has 12 rings (SSSR count). The second-order valence-corrected chi connectivity index (χ2v) is 18.2. The van der Waals surface area contributed by atoms with Gasteiger partial charge < -0.3 is 4.90 Å². The molecule has 1 nitrogen and oxygen atoms in total. The van der Waals surface area contributed by atoms with Gasteiger partial charge >= 0.3 is 0 Å². The summed E-state index contributed by atoms with van der Waals surface area (Å²) in [6.45, 7) is 4.72. The van der Waals surface area contributed by atoms with Gasteiger partial charge in [-0.2, -0.15) is 0 Å². The molecule has 3 heteroatoms. The number of benzene rings is 9. The van der Waals surface area contributed by atoms with E-state index in [4.69, 9.17) is 0 Å². The van der Waals surface area contributed by atoms with Crippen LogP contribution in [0.2, 0.25) is 0 Å². The molecule has 2 aromatic heterocycles. The van der Waals surface area contributed by atoms with Crippen molar-refractivity contribution in [2.75, 3.05) is 4.90 Å². The van der Waals surface area contributed by atoms with Crippen molar-refractivity contribution in [3.63, 3.8) is 0 Å². The highest BCUT2D eigenvalue weighted by atomic mass is 32.1. The van der Waals surface area contributed by atoms with Gasteiger partial charge in [0.15, 0.2) is 0 Å². The molecule has 1 aliphatic rings. The van der Waals surface area contributed by atoms with E-state index in [1.54, 1.807) is 0 Å². The van der Waals surface area contributed by atoms with Crippen molar-refractivity contribution in [1.29, 1.82) is 0 Å². The number of fused-ring (bicyclic) bond motifs is 13. The summed E-state index contributed by atoms with van der Waals surface area (Å²) in [5.41, 5.74) is 13.6. The zero-order valence-corrected chi connectivity index (χ0v) is 33.8. The highest BCUT2D eigenvalue weighted by Crippen LogP contribution is 2.52. The van der Waals surface area contributed by atoms with E-state index in [-0.39, 0.29) is 5.41 Å². The van der Waals surface area contributed by atoms with E-state index in [2.05, 4.69) is 207 Å². The molecule has 0 aliphatic heterocycles. The molecule has 0 bridgehead atoms. The van der Waals surface area contributed by atoms with Gasteiger partial charge in [0.05, 0.1) is 0 Å². The summed E-state index contributed by atoms with van der Waals surface area (Å²) in [6.07, 6.45) is 0. The summed E-state index contributed by atoms with van der Waals surface area (Å²) in [5.74, 6) is 0. The first-order valence-corrected chi connectivity index (χ1v) is 21.6. The SMILES string of the molecule is CC1(C)c2ccccc2-c2ccc(N(c3ccc(-c4ccccc4)cc3)c3ccc(-c4ccc5sc6c7ccccc7c7c8ccccc8sc7c6c5c4)cc3)cc21. The molecule has 0 amide bonds. The van der Waals surface area contributed by atoms with Crippen molar-refractivity contribution < 1.29 is 0 Å². The van der Waals surface area contributed by atoms with Crippen LogP contribution in [0.1, 0.15) is 25.0 Å². The van der Waals surface area contributed by atoms with Crippen molar-refractivity contribution in [2.24, 2.45) is 0 Å². The lowest BCUT2D eigenvalue weighted by atomic mass is 9.82. The molecule has 0 atom stereocenters. The Labute approximate surface area is 345 Å². The topological polar surface area (TPSA) is 3.24 Å². The Kier molecular flexibility index (Phi) is 7.38. The zero-order valence-electron chi connectivity index (χ0n) is 32.2. The van der Waals surface area contributed by atoms with Gasteiger partial charge in [0.25, 0.3) is 0 Å². The van der Waals surface area contributed by atoms with Gasteiger partial charge in [-0.1, -0.05) is 147 Å². The van der Waals surface area contributed by atoms with Crippen LogP contribution in [0.15, 0.2) is 188 Å². The third kappa shape index (κ3) is 5.00. The number of anilines is 3. The molecule has 0 unspecified atom stereocenters. The summed E-state index contributed by atoms with van der Waals surface area (Å²) >= 11 is 3.86. The van der Waals surface area contributed by atoms with E-state index < -0.39 is 0 Å². The Morgan fingerprint density at radius 2 is 0.914 bits per heavy atom. The maximum atomic E-state index is 2.43. The lowest BCUT2D eigenvalue weighted by Crippen LogP contribution is -2.16. The number of hydrogen-bond donors (Lipinski definition) is 0. The number of rotatable bonds is 5. The summed E-state index contributed by atoms with van der Waals surface area (Å²) in [6, 6.07) is 69.7. The molecule has 58 heavy (non-hydrogen) atoms. The molecule has 0 radical (unpaired) electrons. The number of hydrogen-bond acceptors (Lipinski definition) is 3. The number of thiophene rings is 2. The second kappa shape index (κ2) is 12.7. The molecule has 1 aliphatic carbocycles. The van der Waals surface area contributed by atoms with E-state index in [0.29, 0.717) is 0 Å². The maximum absolute atomic E-state index is 2.43. The molecule has 9 aromatic carbocycles. The Morgan fingerprint density at radius 1 is 0.362 bits per heavy atom. The fraction of sp³-hybridized carbons (Fsp3) is 0.0545. The van der Waals surface area contributed by atoms with E-state index in [1.807, 2.05) is 22.7 Å². The van der Waals surface area contributed by atoms with E-state index in [0.717, 1.165) is 17.1 Å². The fourth-order valence-electron chi connectivity index (χ4n) is 9.60. The highest BCUT2D eigenvalue weighted by molar-refractivity contribution is 7.30. The van der Waals surface area contributed by atoms with Gasteiger partial charge in [-0.3, -0.25) is 0 Å². The monoisotopic (exact) mass is 775 g/mol. The molecule has 274 valence electrons. The average molecular weight is 776 g/mol. The first-order chi connectivity index (χ1) is 28.5. The summed E-state index contributed by atoms with van der Waals surface area (Å²) in [4.78, 5) is 2.41. The normalized spacial score (nSPS) is 13.1. The minimum absolute atomic E-state index is 0.0905. The standard InChI is InChI=1S/C55H37NS2/c1-55(2)47-18-10-8-14-41(47)42-30-29-40(33-48(42)55)56(38-25-20-35(21-26-38)34-12-4-3-5-13-34)39-27-22-36(23-28-39)37-24-31-50-46(32-37)52-53(57-50)44-16-7-6-15-43(44)51-45-17-9-11-19-49(45)58-54(51)52/h3-33H,1-2H3. The van der Waals surface area contributed by atoms with Crippen molar-refractivity contribution in [1.82, 2.24) is 0 Å². The average Bonchev–Trinajstić information content (AvgIpc) is 3.93. The summed E-state index contributed by atoms with van der Waals surface area (Å²) < 4.78 is 5.45. The molecule has 0 spiro atoms. The van der Waals surface area contributed by atoms with E-state index >= 15 is 0 Å². The zero-order chi connectivity index (χ0) is 38.5. The smallest absolute Gasteiger partial charge is 0.0465 e. The van der Waals surface area contributed by atoms with Gasteiger partial charge in [0.1, 0.15) is 0 Å². The predicted octanol–water partition coefficient (Wildman–Crippen LogP) is 16.7. The van der Waals surface area contributed by atoms with Crippen LogP contribution in [0.25, 0.3) is 84.5 Å². The Bertz CT molecular complexity index is 3400. The Balaban J connectivity index is 0.988. The number of nitrogens with zero attached hydrogens (tertiary/aromatic N) is 1. The highest BCUT2D eigenvalue weighted by Gasteiger charge is 2.35. The van der Waals surface area contributed by atoms with Gasteiger partial charge in [0.2, 0.25) is 0 Å².